The van der Waals surface area contributed by atoms with E-state index in [-0.39, 0.29) is 6.04 Å². The van der Waals surface area contributed by atoms with Gasteiger partial charge in [-0.2, -0.15) is 0 Å². The first-order valence-electron chi connectivity index (χ1n) is 7.87. The summed E-state index contributed by atoms with van der Waals surface area (Å²) < 4.78 is 0. The molecule has 0 bridgehead atoms. The summed E-state index contributed by atoms with van der Waals surface area (Å²) in [4.78, 5) is 14.8. The van der Waals surface area contributed by atoms with Gasteiger partial charge in [0.15, 0.2) is 0 Å². The molecule has 3 atom stereocenters. The fourth-order valence-corrected chi connectivity index (χ4v) is 3.30. The van der Waals surface area contributed by atoms with Gasteiger partial charge in [-0.1, -0.05) is 31.0 Å². The lowest BCUT2D eigenvalue weighted by atomic mass is 9.91. The minimum absolute atomic E-state index is 0.125. The molecule has 1 aliphatic rings. The molecular weight excluding hydrogens is 280 g/mol. The van der Waals surface area contributed by atoms with E-state index in [2.05, 4.69) is 10.3 Å². The number of benzene rings is 1. The van der Waals surface area contributed by atoms with Crippen molar-refractivity contribution in [1.29, 1.82) is 0 Å². The summed E-state index contributed by atoms with van der Waals surface area (Å²) in [5.41, 5.74) is 2.00. The Labute approximate surface area is 129 Å². The quantitative estimate of drug-likeness (QED) is 0.681. The molecule has 118 valence electrons. The van der Waals surface area contributed by atoms with Crippen molar-refractivity contribution in [3.63, 3.8) is 0 Å². The fourth-order valence-electron chi connectivity index (χ4n) is 3.30. The second-order valence-electron chi connectivity index (χ2n) is 6.08. The first-order valence-corrected chi connectivity index (χ1v) is 7.87. The third-order valence-electron chi connectivity index (χ3n) is 4.54. The number of carboxylic acids is 1. The van der Waals surface area contributed by atoms with Crippen LogP contribution in [0.4, 0.5) is 0 Å². The molecule has 1 saturated carbocycles. The Morgan fingerprint density at radius 1 is 1.32 bits per heavy atom. The highest BCUT2D eigenvalue weighted by atomic mass is 16.4. The molecule has 22 heavy (non-hydrogen) atoms. The van der Waals surface area contributed by atoms with Crippen molar-refractivity contribution in [2.45, 2.75) is 50.3 Å². The summed E-state index contributed by atoms with van der Waals surface area (Å²) >= 11 is 0. The third-order valence-corrected chi connectivity index (χ3v) is 4.54. The Morgan fingerprint density at radius 3 is 2.86 bits per heavy atom. The first-order chi connectivity index (χ1) is 10.6. The Morgan fingerprint density at radius 2 is 2.09 bits per heavy atom. The number of aromatic nitrogens is 1. The number of para-hydroxylation sites is 1. The van der Waals surface area contributed by atoms with Gasteiger partial charge in [0.2, 0.25) is 0 Å². The molecule has 0 aliphatic heterocycles. The van der Waals surface area contributed by atoms with Crippen LogP contribution in [-0.4, -0.2) is 39.4 Å². The molecule has 3 rings (SSSR count). The molecule has 0 spiro atoms. The van der Waals surface area contributed by atoms with Crippen LogP contribution in [0.3, 0.4) is 0 Å². The molecular formula is C17H22N2O3. The van der Waals surface area contributed by atoms with Gasteiger partial charge in [0, 0.05) is 29.6 Å². The second kappa shape index (κ2) is 6.50. The molecule has 0 saturated heterocycles. The van der Waals surface area contributed by atoms with Gasteiger partial charge in [-0.05, 0) is 24.5 Å². The van der Waals surface area contributed by atoms with E-state index in [9.17, 15) is 15.0 Å². The summed E-state index contributed by atoms with van der Waals surface area (Å²) in [6.07, 6.45) is 5.46. The van der Waals surface area contributed by atoms with E-state index < -0.39 is 18.1 Å². The third kappa shape index (κ3) is 3.15. The number of H-pyrrole nitrogens is 1. The normalized spacial score (nSPS) is 23.5. The smallest absolute Gasteiger partial charge is 0.321 e. The van der Waals surface area contributed by atoms with Crippen molar-refractivity contribution in [3.8, 4) is 0 Å². The molecule has 1 fully saturated rings. The predicted octanol–water partition coefficient (Wildman–Crippen LogP) is 2.06. The molecule has 1 aliphatic carbocycles. The molecule has 0 unspecified atom stereocenters. The average Bonchev–Trinajstić information content (AvgIpc) is 2.92. The maximum atomic E-state index is 11.6. The van der Waals surface area contributed by atoms with Crippen LogP contribution in [-0.2, 0) is 11.2 Å². The van der Waals surface area contributed by atoms with E-state index in [1.807, 2.05) is 30.5 Å². The topological polar surface area (TPSA) is 85.3 Å². The number of aliphatic carboxylic acids is 1. The van der Waals surface area contributed by atoms with Crippen molar-refractivity contribution >= 4 is 16.9 Å². The van der Waals surface area contributed by atoms with Crippen molar-refractivity contribution in [3.05, 3.63) is 36.0 Å². The van der Waals surface area contributed by atoms with Gasteiger partial charge in [-0.15, -0.1) is 0 Å². The molecule has 5 nitrogen and oxygen atoms in total. The lowest BCUT2D eigenvalue weighted by Gasteiger charge is -2.31. The van der Waals surface area contributed by atoms with Crippen molar-refractivity contribution < 1.29 is 15.0 Å². The van der Waals surface area contributed by atoms with Crippen molar-refractivity contribution in [1.82, 2.24) is 10.3 Å². The van der Waals surface area contributed by atoms with Gasteiger partial charge >= 0.3 is 5.97 Å². The number of hydrogen-bond donors (Lipinski definition) is 4. The van der Waals surface area contributed by atoms with Crippen molar-refractivity contribution in [2.75, 3.05) is 0 Å². The molecule has 5 heteroatoms. The average molecular weight is 302 g/mol. The van der Waals surface area contributed by atoms with Crippen LogP contribution in [0.2, 0.25) is 0 Å². The van der Waals surface area contributed by atoms with Crippen LogP contribution in [0.15, 0.2) is 30.5 Å². The van der Waals surface area contributed by atoms with Gasteiger partial charge in [-0.3, -0.25) is 10.1 Å². The van der Waals surface area contributed by atoms with E-state index >= 15 is 0 Å². The Hall–Kier alpha value is -1.85. The standard InChI is InChI=1S/C17H22N2O3/c20-16-8-4-3-7-14(16)19-15(17(21)22)9-11-10-18-13-6-2-1-5-12(11)13/h1-2,5-6,10,14-16,18-20H,3-4,7-9H2,(H,21,22)/t14-,15+,16-/m1/s1. The molecule has 2 aromatic rings. The largest absolute Gasteiger partial charge is 0.480 e. The minimum atomic E-state index is -0.872. The van der Waals surface area contributed by atoms with Gasteiger partial charge in [0.05, 0.1) is 6.10 Å². The Kier molecular flexibility index (Phi) is 4.45. The minimum Gasteiger partial charge on any atom is -0.480 e. The first kappa shape index (κ1) is 15.1. The summed E-state index contributed by atoms with van der Waals surface area (Å²) in [7, 11) is 0. The van der Waals surface area contributed by atoms with E-state index in [0.717, 1.165) is 42.1 Å². The number of aliphatic hydroxyl groups is 1. The number of carboxylic acid groups (broad SMARTS) is 1. The zero-order valence-corrected chi connectivity index (χ0v) is 12.5. The van der Waals surface area contributed by atoms with E-state index in [0.29, 0.717) is 6.42 Å². The maximum absolute atomic E-state index is 11.6. The molecule has 1 aromatic heterocycles. The number of fused-ring (bicyclic) bond motifs is 1. The van der Waals surface area contributed by atoms with Crippen LogP contribution >= 0.6 is 0 Å². The Balaban J connectivity index is 1.75. The summed E-state index contributed by atoms with van der Waals surface area (Å²) in [6.45, 7) is 0. The summed E-state index contributed by atoms with van der Waals surface area (Å²) in [5, 5.41) is 23.7. The monoisotopic (exact) mass is 302 g/mol. The SMILES string of the molecule is O=C(O)[C@H](Cc1c[nH]c2ccccc12)N[C@@H]1CCCC[C@H]1O. The number of aliphatic hydroxyl groups excluding tert-OH is 1. The molecule has 0 radical (unpaired) electrons. The highest BCUT2D eigenvalue weighted by molar-refractivity contribution is 5.84. The Bertz CT molecular complexity index is 652. The van der Waals surface area contributed by atoms with Crippen LogP contribution < -0.4 is 5.32 Å². The van der Waals surface area contributed by atoms with Gasteiger partial charge < -0.3 is 15.2 Å². The highest BCUT2D eigenvalue weighted by Gasteiger charge is 2.28. The molecule has 1 aromatic carbocycles. The maximum Gasteiger partial charge on any atom is 0.321 e. The van der Waals surface area contributed by atoms with Gasteiger partial charge in [0.1, 0.15) is 6.04 Å². The summed E-state index contributed by atoms with van der Waals surface area (Å²) in [5.74, 6) is -0.872. The van der Waals surface area contributed by atoms with Crippen LogP contribution in [0.1, 0.15) is 31.2 Å². The van der Waals surface area contributed by atoms with Gasteiger partial charge in [-0.25, -0.2) is 0 Å². The highest BCUT2D eigenvalue weighted by Crippen LogP contribution is 2.22. The van der Waals surface area contributed by atoms with E-state index in [1.54, 1.807) is 0 Å². The lowest BCUT2D eigenvalue weighted by molar-refractivity contribution is -0.140. The zero-order valence-electron chi connectivity index (χ0n) is 12.5. The number of rotatable bonds is 5. The number of hydrogen-bond acceptors (Lipinski definition) is 3. The molecule has 4 N–H and O–H groups in total. The zero-order chi connectivity index (χ0) is 15.5. The molecule has 1 heterocycles. The van der Waals surface area contributed by atoms with Crippen molar-refractivity contribution in [2.24, 2.45) is 0 Å². The van der Waals surface area contributed by atoms with Gasteiger partial charge in [0.25, 0.3) is 0 Å². The lowest BCUT2D eigenvalue weighted by Crippen LogP contribution is -2.50. The second-order valence-corrected chi connectivity index (χ2v) is 6.08. The van der Waals surface area contributed by atoms with E-state index in [4.69, 9.17) is 0 Å². The number of carbonyl (C=O) groups is 1. The molecule has 0 amide bonds. The fraction of sp³-hybridized carbons (Fsp3) is 0.471. The number of nitrogens with one attached hydrogen (secondary N) is 2. The van der Waals surface area contributed by atoms with Crippen LogP contribution in [0.5, 0.6) is 0 Å². The number of aromatic amines is 1. The van der Waals surface area contributed by atoms with Crippen LogP contribution in [0.25, 0.3) is 10.9 Å². The summed E-state index contributed by atoms with van der Waals surface area (Å²) in [6, 6.07) is 7.07. The van der Waals surface area contributed by atoms with E-state index in [1.165, 1.54) is 0 Å². The van der Waals surface area contributed by atoms with Crippen LogP contribution in [0, 0.1) is 0 Å². The predicted molar refractivity (Wildman–Crippen MR) is 84.8 cm³/mol.